The molecule has 0 radical (unpaired) electrons. The van der Waals surface area contributed by atoms with E-state index in [9.17, 15) is 18.3 Å². The average Bonchev–Trinajstić information content (AvgIpc) is 3.06. The molecule has 7 nitrogen and oxygen atoms in total. The van der Waals surface area contributed by atoms with Crippen molar-refractivity contribution in [2.45, 2.75) is 12.3 Å². The van der Waals surface area contributed by atoms with Crippen molar-refractivity contribution in [2.24, 2.45) is 7.05 Å². The van der Waals surface area contributed by atoms with Gasteiger partial charge in [0.25, 0.3) is 0 Å². The number of nitrogens with one attached hydrogen (secondary N) is 1. The van der Waals surface area contributed by atoms with Crippen LogP contribution in [0.4, 0.5) is 19.0 Å². The number of aliphatic hydroxyl groups excluding tert-OH is 1. The number of anilines is 1. The molecule has 0 fully saturated rings. The molecule has 0 amide bonds. The Morgan fingerprint density at radius 2 is 1.96 bits per heavy atom. The normalized spacial score (nSPS) is 12.8. The smallest absolute Gasteiger partial charge is 0.386 e. The SMILES string of the molecule is Cn1cc(C(O)CNc2cc(C(F)(F)F)nc(-c3ccncc3)n2)cn1. The predicted octanol–water partition coefficient (Wildman–Crippen LogP) is 2.44. The average molecular weight is 364 g/mol. The van der Waals surface area contributed by atoms with Crippen molar-refractivity contribution in [3.05, 3.63) is 54.2 Å². The number of halogens is 3. The van der Waals surface area contributed by atoms with Crippen LogP contribution in [0, 0.1) is 0 Å². The Kier molecular flexibility index (Phi) is 4.85. The fourth-order valence-corrected chi connectivity index (χ4v) is 2.24. The van der Waals surface area contributed by atoms with Crippen molar-refractivity contribution < 1.29 is 18.3 Å². The van der Waals surface area contributed by atoms with Gasteiger partial charge >= 0.3 is 6.18 Å². The Morgan fingerprint density at radius 1 is 1.23 bits per heavy atom. The summed E-state index contributed by atoms with van der Waals surface area (Å²) in [5.74, 6) is -0.123. The van der Waals surface area contributed by atoms with Gasteiger partial charge in [0.15, 0.2) is 11.5 Å². The van der Waals surface area contributed by atoms with Gasteiger partial charge in [-0.1, -0.05) is 0 Å². The highest BCUT2D eigenvalue weighted by Gasteiger charge is 2.34. The highest BCUT2D eigenvalue weighted by molar-refractivity contribution is 5.57. The van der Waals surface area contributed by atoms with Crippen molar-refractivity contribution in [3.8, 4) is 11.4 Å². The molecule has 0 spiro atoms. The van der Waals surface area contributed by atoms with Gasteiger partial charge < -0.3 is 10.4 Å². The second kappa shape index (κ2) is 7.08. The Balaban J connectivity index is 1.86. The molecule has 136 valence electrons. The minimum Gasteiger partial charge on any atom is -0.386 e. The molecule has 0 saturated carbocycles. The summed E-state index contributed by atoms with van der Waals surface area (Å²) >= 11 is 0. The van der Waals surface area contributed by atoms with E-state index in [0.29, 0.717) is 11.1 Å². The first-order valence-electron chi connectivity index (χ1n) is 7.60. The Morgan fingerprint density at radius 3 is 2.58 bits per heavy atom. The summed E-state index contributed by atoms with van der Waals surface area (Å²) in [7, 11) is 1.70. The van der Waals surface area contributed by atoms with Crippen molar-refractivity contribution in [1.29, 1.82) is 0 Å². The van der Waals surface area contributed by atoms with Crippen LogP contribution in [0.25, 0.3) is 11.4 Å². The Hall–Kier alpha value is -3.01. The first-order chi connectivity index (χ1) is 12.3. The molecule has 0 aliphatic carbocycles. The molecule has 1 unspecified atom stereocenters. The van der Waals surface area contributed by atoms with Gasteiger partial charge in [0.1, 0.15) is 5.82 Å². The third-order valence-corrected chi connectivity index (χ3v) is 3.54. The van der Waals surface area contributed by atoms with E-state index in [2.05, 4.69) is 25.4 Å². The number of aromatic nitrogens is 5. The number of alkyl halides is 3. The lowest BCUT2D eigenvalue weighted by molar-refractivity contribution is -0.141. The third-order valence-electron chi connectivity index (χ3n) is 3.54. The molecule has 3 aromatic rings. The van der Waals surface area contributed by atoms with Crippen LogP contribution < -0.4 is 5.32 Å². The minimum atomic E-state index is -4.62. The monoisotopic (exact) mass is 364 g/mol. The van der Waals surface area contributed by atoms with E-state index in [-0.39, 0.29) is 18.2 Å². The standard InChI is InChI=1S/C16H15F3N6O/c1-25-9-11(7-22-25)12(26)8-21-14-6-13(16(17,18)19)23-15(24-14)10-2-4-20-5-3-10/h2-7,9,12,26H,8H2,1H3,(H,21,23,24). The lowest BCUT2D eigenvalue weighted by Crippen LogP contribution is -2.15. The summed E-state index contributed by atoms with van der Waals surface area (Å²) in [6.07, 6.45) is 0.419. The number of aliphatic hydroxyl groups is 1. The zero-order chi connectivity index (χ0) is 18.7. The van der Waals surface area contributed by atoms with Crippen molar-refractivity contribution in [2.75, 3.05) is 11.9 Å². The van der Waals surface area contributed by atoms with Crippen LogP contribution in [-0.4, -0.2) is 36.4 Å². The van der Waals surface area contributed by atoms with E-state index in [0.717, 1.165) is 6.07 Å². The summed E-state index contributed by atoms with van der Waals surface area (Å²) < 4.78 is 40.9. The highest BCUT2D eigenvalue weighted by atomic mass is 19.4. The van der Waals surface area contributed by atoms with Crippen LogP contribution in [0.1, 0.15) is 17.4 Å². The maximum absolute atomic E-state index is 13.1. The van der Waals surface area contributed by atoms with Gasteiger partial charge in [0.2, 0.25) is 0 Å². The number of nitrogens with zero attached hydrogens (tertiary/aromatic N) is 5. The van der Waals surface area contributed by atoms with Crippen LogP contribution in [-0.2, 0) is 13.2 Å². The molecule has 10 heteroatoms. The van der Waals surface area contributed by atoms with Crippen molar-refractivity contribution in [1.82, 2.24) is 24.7 Å². The summed E-state index contributed by atoms with van der Waals surface area (Å²) in [6, 6.07) is 3.84. The van der Waals surface area contributed by atoms with E-state index in [4.69, 9.17) is 0 Å². The first kappa shape index (κ1) is 17.8. The highest BCUT2D eigenvalue weighted by Crippen LogP contribution is 2.30. The third kappa shape index (κ3) is 4.14. The molecule has 3 rings (SSSR count). The van der Waals surface area contributed by atoms with Gasteiger partial charge in [-0.15, -0.1) is 0 Å². The number of aryl methyl sites for hydroxylation is 1. The van der Waals surface area contributed by atoms with Crippen molar-refractivity contribution >= 4 is 5.82 Å². The zero-order valence-electron chi connectivity index (χ0n) is 13.6. The van der Waals surface area contributed by atoms with Gasteiger partial charge in [-0.3, -0.25) is 9.67 Å². The predicted molar refractivity (Wildman–Crippen MR) is 86.9 cm³/mol. The van der Waals surface area contributed by atoms with Gasteiger partial charge in [0, 0.05) is 49.4 Å². The van der Waals surface area contributed by atoms with E-state index in [1.54, 1.807) is 13.2 Å². The molecule has 3 aromatic heterocycles. The maximum atomic E-state index is 13.1. The topological polar surface area (TPSA) is 88.8 Å². The molecular weight excluding hydrogens is 349 g/mol. The fraction of sp³-hybridized carbons (Fsp3) is 0.250. The molecule has 0 aliphatic rings. The summed E-state index contributed by atoms with van der Waals surface area (Å²) in [4.78, 5) is 11.5. The number of hydrogen-bond donors (Lipinski definition) is 2. The molecule has 26 heavy (non-hydrogen) atoms. The fourth-order valence-electron chi connectivity index (χ4n) is 2.24. The van der Waals surface area contributed by atoms with E-state index >= 15 is 0 Å². The van der Waals surface area contributed by atoms with E-state index in [1.807, 2.05) is 0 Å². The van der Waals surface area contributed by atoms with Gasteiger partial charge in [0.05, 0.1) is 12.3 Å². The van der Waals surface area contributed by atoms with Gasteiger partial charge in [-0.25, -0.2) is 9.97 Å². The molecule has 0 saturated heterocycles. The molecular formula is C16H15F3N6O. The summed E-state index contributed by atoms with van der Waals surface area (Å²) in [6.45, 7) is -0.0320. The molecule has 3 heterocycles. The number of rotatable bonds is 5. The first-order valence-corrected chi connectivity index (χ1v) is 7.60. The zero-order valence-corrected chi connectivity index (χ0v) is 13.6. The molecule has 2 N–H and O–H groups in total. The second-order valence-electron chi connectivity index (χ2n) is 5.54. The molecule has 1 atom stereocenters. The van der Waals surface area contributed by atoms with E-state index in [1.165, 1.54) is 35.4 Å². The van der Waals surface area contributed by atoms with Crippen LogP contribution in [0.5, 0.6) is 0 Å². The second-order valence-corrected chi connectivity index (χ2v) is 5.54. The van der Waals surface area contributed by atoms with Crippen LogP contribution >= 0.6 is 0 Å². The lowest BCUT2D eigenvalue weighted by Gasteiger charge is -2.14. The summed E-state index contributed by atoms with van der Waals surface area (Å²) in [5.41, 5.74) is -0.126. The number of pyridine rings is 1. The minimum absolute atomic E-state index is 0.0320. The van der Waals surface area contributed by atoms with Gasteiger partial charge in [-0.05, 0) is 12.1 Å². The number of hydrogen-bond acceptors (Lipinski definition) is 6. The van der Waals surface area contributed by atoms with Crippen LogP contribution in [0.3, 0.4) is 0 Å². The van der Waals surface area contributed by atoms with Crippen molar-refractivity contribution in [3.63, 3.8) is 0 Å². The Bertz CT molecular complexity index is 881. The molecule has 0 bridgehead atoms. The van der Waals surface area contributed by atoms with Crippen LogP contribution in [0.15, 0.2) is 43.0 Å². The molecule has 0 aromatic carbocycles. The van der Waals surface area contributed by atoms with E-state index < -0.39 is 18.0 Å². The largest absolute Gasteiger partial charge is 0.433 e. The lowest BCUT2D eigenvalue weighted by atomic mass is 10.2. The summed E-state index contributed by atoms with van der Waals surface area (Å²) in [5, 5.41) is 16.8. The van der Waals surface area contributed by atoms with Crippen LogP contribution in [0.2, 0.25) is 0 Å². The molecule has 0 aliphatic heterocycles. The maximum Gasteiger partial charge on any atom is 0.433 e. The Labute approximate surface area is 146 Å². The van der Waals surface area contributed by atoms with Gasteiger partial charge in [-0.2, -0.15) is 18.3 Å². The quantitative estimate of drug-likeness (QED) is 0.723.